The van der Waals surface area contributed by atoms with Crippen molar-refractivity contribution in [3.63, 3.8) is 0 Å². The van der Waals surface area contributed by atoms with E-state index in [4.69, 9.17) is 4.74 Å². The van der Waals surface area contributed by atoms with Crippen LogP contribution in [0.2, 0.25) is 0 Å². The molecule has 1 N–H and O–H groups in total. The number of ether oxygens (including phenoxy) is 1. The number of amides is 1. The number of thiazole rings is 1. The van der Waals surface area contributed by atoms with Gasteiger partial charge in [-0.2, -0.15) is 0 Å². The van der Waals surface area contributed by atoms with Crippen molar-refractivity contribution in [1.82, 2.24) is 4.98 Å². The number of rotatable bonds is 6. The number of para-hydroxylation sites is 1. The van der Waals surface area contributed by atoms with Gasteiger partial charge < -0.3 is 4.74 Å². The van der Waals surface area contributed by atoms with Gasteiger partial charge in [0.25, 0.3) is 5.91 Å². The molecule has 1 amide bonds. The van der Waals surface area contributed by atoms with Crippen LogP contribution in [0, 0.1) is 6.92 Å². The van der Waals surface area contributed by atoms with Crippen molar-refractivity contribution in [2.24, 2.45) is 0 Å². The van der Waals surface area contributed by atoms with E-state index in [-0.39, 0.29) is 12.5 Å². The van der Waals surface area contributed by atoms with E-state index in [9.17, 15) is 4.79 Å². The van der Waals surface area contributed by atoms with E-state index in [1.807, 2.05) is 49.4 Å². The average Bonchev–Trinajstić information content (AvgIpc) is 2.98. The number of nitrogens with zero attached hydrogens (tertiary/aromatic N) is 1. The lowest BCUT2D eigenvalue weighted by atomic mass is 10.1. The van der Waals surface area contributed by atoms with Gasteiger partial charge in [-0.1, -0.05) is 48.9 Å². The van der Waals surface area contributed by atoms with E-state index in [1.165, 1.54) is 16.9 Å². The number of benzene rings is 2. The van der Waals surface area contributed by atoms with Crippen molar-refractivity contribution in [2.75, 3.05) is 11.9 Å². The van der Waals surface area contributed by atoms with Gasteiger partial charge in [0.05, 0.1) is 10.2 Å². The SMILES string of the molecule is CCCc1ccc(OCC(=O)Nc2nc3c(C)cccc3s2)cc1. The normalized spacial score (nSPS) is 10.8. The summed E-state index contributed by atoms with van der Waals surface area (Å²) in [6, 6.07) is 13.9. The molecule has 0 spiro atoms. The number of aryl methyl sites for hydroxylation is 2. The Bertz CT molecular complexity index is 840. The molecular formula is C19H20N2O2S. The first-order chi connectivity index (χ1) is 11.7. The number of carbonyl (C=O) groups excluding carboxylic acids is 1. The average molecular weight is 340 g/mol. The molecule has 3 rings (SSSR count). The summed E-state index contributed by atoms with van der Waals surface area (Å²) in [5.74, 6) is 0.495. The fourth-order valence-electron chi connectivity index (χ4n) is 2.48. The fraction of sp³-hybridized carbons (Fsp3) is 0.263. The molecule has 1 aromatic heterocycles. The summed E-state index contributed by atoms with van der Waals surface area (Å²) >= 11 is 1.47. The van der Waals surface area contributed by atoms with Crippen LogP contribution < -0.4 is 10.1 Å². The van der Waals surface area contributed by atoms with Crippen LogP contribution >= 0.6 is 11.3 Å². The highest BCUT2D eigenvalue weighted by Gasteiger charge is 2.09. The maximum atomic E-state index is 12.0. The molecule has 0 aliphatic carbocycles. The molecular weight excluding hydrogens is 320 g/mol. The van der Waals surface area contributed by atoms with Gasteiger partial charge in [0, 0.05) is 0 Å². The van der Waals surface area contributed by atoms with Crippen molar-refractivity contribution < 1.29 is 9.53 Å². The van der Waals surface area contributed by atoms with Crippen LogP contribution in [0.4, 0.5) is 5.13 Å². The minimum absolute atomic E-state index is 0.0258. The Balaban J connectivity index is 1.57. The molecule has 124 valence electrons. The first-order valence-corrected chi connectivity index (χ1v) is 8.85. The monoisotopic (exact) mass is 340 g/mol. The Kier molecular flexibility index (Phi) is 5.11. The molecule has 0 unspecified atom stereocenters. The zero-order valence-corrected chi connectivity index (χ0v) is 14.7. The highest BCUT2D eigenvalue weighted by Crippen LogP contribution is 2.27. The highest BCUT2D eigenvalue weighted by atomic mass is 32.1. The molecule has 0 fully saturated rings. The number of hydrogen-bond acceptors (Lipinski definition) is 4. The van der Waals surface area contributed by atoms with Gasteiger partial charge in [-0.3, -0.25) is 10.1 Å². The van der Waals surface area contributed by atoms with Crippen LogP contribution in [0.15, 0.2) is 42.5 Å². The Morgan fingerprint density at radius 1 is 1.21 bits per heavy atom. The molecule has 0 saturated heterocycles. The van der Waals surface area contributed by atoms with Gasteiger partial charge in [-0.15, -0.1) is 0 Å². The number of anilines is 1. The van der Waals surface area contributed by atoms with Crippen LogP contribution in [0.5, 0.6) is 5.75 Å². The van der Waals surface area contributed by atoms with Crippen molar-refractivity contribution >= 4 is 32.6 Å². The van der Waals surface area contributed by atoms with Crippen molar-refractivity contribution in [1.29, 1.82) is 0 Å². The van der Waals surface area contributed by atoms with Gasteiger partial charge in [0.1, 0.15) is 5.75 Å². The second-order valence-electron chi connectivity index (χ2n) is 5.67. The van der Waals surface area contributed by atoms with E-state index in [1.54, 1.807) is 0 Å². The lowest BCUT2D eigenvalue weighted by Gasteiger charge is -2.06. The molecule has 5 heteroatoms. The third-order valence-electron chi connectivity index (χ3n) is 3.70. The Hall–Kier alpha value is -2.40. The predicted molar refractivity (Wildman–Crippen MR) is 98.9 cm³/mol. The molecule has 0 radical (unpaired) electrons. The minimum Gasteiger partial charge on any atom is -0.484 e. The van der Waals surface area contributed by atoms with Gasteiger partial charge >= 0.3 is 0 Å². The molecule has 2 aromatic carbocycles. The Labute approximate surface area is 145 Å². The lowest BCUT2D eigenvalue weighted by Crippen LogP contribution is -2.20. The third-order valence-corrected chi connectivity index (χ3v) is 4.64. The summed E-state index contributed by atoms with van der Waals surface area (Å²) in [6.45, 7) is 4.14. The van der Waals surface area contributed by atoms with Gasteiger partial charge in [-0.25, -0.2) is 4.98 Å². The van der Waals surface area contributed by atoms with E-state index in [2.05, 4.69) is 17.2 Å². The second-order valence-corrected chi connectivity index (χ2v) is 6.70. The number of fused-ring (bicyclic) bond motifs is 1. The molecule has 0 aliphatic heterocycles. The quantitative estimate of drug-likeness (QED) is 0.715. The molecule has 4 nitrogen and oxygen atoms in total. The molecule has 3 aromatic rings. The zero-order valence-electron chi connectivity index (χ0n) is 13.8. The molecule has 0 bridgehead atoms. The van der Waals surface area contributed by atoms with E-state index in [0.29, 0.717) is 10.9 Å². The topological polar surface area (TPSA) is 51.2 Å². The maximum absolute atomic E-state index is 12.0. The van der Waals surface area contributed by atoms with Crippen molar-refractivity contribution in [2.45, 2.75) is 26.7 Å². The van der Waals surface area contributed by atoms with Crippen LogP contribution in [-0.4, -0.2) is 17.5 Å². The smallest absolute Gasteiger partial charge is 0.264 e. The van der Waals surface area contributed by atoms with Crippen LogP contribution in [0.3, 0.4) is 0 Å². The number of carbonyl (C=O) groups is 1. The summed E-state index contributed by atoms with van der Waals surface area (Å²) in [5, 5.41) is 3.41. The number of aromatic nitrogens is 1. The lowest BCUT2D eigenvalue weighted by molar-refractivity contribution is -0.118. The number of hydrogen-bond donors (Lipinski definition) is 1. The van der Waals surface area contributed by atoms with Crippen molar-refractivity contribution in [3.05, 3.63) is 53.6 Å². The molecule has 0 atom stereocenters. The van der Waals surface area contributed by atoms with Gasteiger partial charge in [0.2, 0.25) is 0 Å². The fourth-order valence-corrected chi connectivity index (χ4v) is 3.44. The Morgan fingerprint density at radius 2 is 2.00 bits per heavy atom. The molecule has 24 heavy (non-hydrogen) atoms. The standard InChI is InChI=1S/C19H20N2O2S/c1-3-5-14-8-10-15(11-9-14)23-12-17(22)20-19-21-18-13(2)6-4-7-16(18)24-19/h4,6-11H,3,5,12H2,1-2H3,(H,20,21,22). The number of nitrogens with one attached hydrogen (secondary N) is 1. The predicted octanol–water partition coefficient (Wildman–Crippen LogP) is 4.57. The minimum atomic E-state index is -0.204. The van der Waals surface area contributed by atoms with Crippen LogP contribution in [0.25, 0.3) is 10.2 Å². The van der Waals surface area contributed by atoms with E-state index >= 15 is 0 Å². The summed E-state index contributed by atoms with van der Waals surface area (Å²) < 4.78 is 6.60. The summed E-state index contributed by atoms with van der Waals surface area (Å²) in [6.07, 6.45) is 2.17. The largest absolute Gasteiger partial charge is 0.484 e. The van der Waals surface area contributed by atoms with Gasteiger partial charge in [0.15, 0.2) is 11.7 Å². The first-order valence-electron chi connectivity index (χ1n) is 8.03. The summed E-state index contributed by atoms with van der Waals surface area (Å²) in [4.78, 5) is 16.5. The molecule has 1 heterocycles. The Morgan fingerprint density at radius 3 is 2.71 bits per heavy atom. The summed E-state index contributed by atoms with van der Waals surface area (Å²) in [7, 11) is 0. The summed E-state index contributed by atoms with van der Waals surface area (Å²) in [5.41, 5.74) is 3.32. The zero-order chi connectivity index (χ0) is 16.9. The molecule has 0 aliphatic rings. The van der Waals surface area contributed by atoms with Crippen molar-refractivity contribution in [3.8, 4) is 5.75 Å². The molecule has 0 saturated carbocycles. The van der Waals surface area contributed by atoms with Crippen LogP contribution in [0.1, 0.15) is 24.5 Å². The van der Waals surface area contributed by atoms with E-state index < -0.39 is 0 Å². The highest BCUT2D eigenvalue weighted by molar-refractivity contribution is 7.22. The van der Waals surface area contributed by atoms with Crippen LogP contribution in [-0.2, 0) is 11.2 Å². The third kappa shape index (κ3) is 3.92. The van der Waals surface area contributed by atoms with E-state index in [0.717, 1.165) is 28.6 Å². The second kappa shape index (κ2) is 7.45. The van der Waals surface area contributed by atoms with Gasteiger partial charge in [-0.05, 0) is 42.7 Å². The maximum Gasteiger partial charge on any atom is 0.264 e. The first kappa shape index (κ1) is 16.5.